The Morgan fingerprint density at radius 3 is 2.63 bits per heavy atom. The number of anilines is 1. The van der Waals surface area contributed by atoms with Crippen molar-refractivity contribution < 1.29 is 4.79 Å². The van der Waals surface area contributed by atoms with Crippen molar-refractivity contribution in [2.75, 3.05) is 11.9 Å². The molecule has 2 atom stereocenters. The Labute approximate surface area is 172 Å². The molecule has 2 aliphatic rings. The van der Waals surface area contributed by atoms with Gasteiger partial charge in [0.25, 0.3) is 0 Å². The van der Waals surface area contributed by atoms with Gasteiger partial charge in [-0.15, -0.1) is 24.8 Å². The Morgan fingerprint density at radius 2 is 1.93 bits per heavy atom. The molecule has 4 rings (SSSR count). The number of amides is 1. The molecule has 0 saturated heterocycles. The Kier molecular flexibility index (Phi) is 7.71. The van der Waals surface area contributed by atoms with Gasteiger partial charge in [0.2, 0.25) is 5.91 Å². The summed E-state index contributed by atoms with van der Waals surface area (Å²) >= 11 is 0. The number of rotatable bonds is 4. The van der Waals surface area contributed by atoms with E-state index in [1.165, 1.54) is 18.7 Å². The van der Waals surface area contributed by atoms with Crippen LogP contribution in [-0.4, -0.2) is 22.0 Å². The minimum atomic E-state index is 0. The quantitative estimate of drug-likeness (QED) is 0.798. The maximum atomic E-state index is 12.5. The molecular weight excluding hydrogens is 383 g/mol. The highest BCUT2D eigenvalue weighted by Crippen LogP contribution is 2.32. The maximum absolute atomic E-state index is 12.5. The number of carbonyl (C=O) groups is 1. The van der Waals surface area contributed by atoms with Crippen LogP contribution in [0.2, 0.25) is 0 Å². The number of hydrogen-bond donors (Lipinski definition) is 2. The number of hydrogen-bond acceptors (Lipinski definition) is 3. The van der Waals surface area contributed by atoms with Gasteiger partial charge in [-0.25, -0.2) is 4.98 Å². The SMILES string of the molecule is Cl.Cl.NC[C@H]1CCC[C@H]1C(=O)Nc1ccc(-c2cn3c(n2)CCCC3)cc1. The summed E-state index contributed by atoms with van der Waals surface area (Å²) < 4.78 is 2.27. The molecule has 0 unspecified atom stereocenters. The molecule has 1 aromatic carbocycles. The minimum Gasteiger partial charge on any atom is -0.334 e. The van der Waals surface area contributed by atoms with Crippen LogP contribution < -0.4 is 11.1 Å². The van der Waals surface area contributed by atoms with Crippen LogP contribution in [0.3, 0.4) is 0 Å². The smallest absolute Gasteiger partial charge is 0.227 e. The van der Waals surface area contributed by atoms with E-state index in [4.69, 9.17) is 10.7 Å². The summed E-state index contributed by atoms with van der Waals surface area (Å²) in [6.07, 6.45) is 8.80. The first-order valence-electron chi connectivity index (χ1n) is 9.42. The van der Waals surface area contributed by atoms with Gasteiger partial charge < -0.3 is 15.6 Å². The summed E-state index contributed by atoms with van der Waals surface area (Å²) in [7, 11) is 0. The lowest BCUT2D eigenvalue weighted by atomic mass is 9.95. The molecule has 0 bridgehead atoms. The van der Waals surface area contributed by atoms with Crippen LogP contribution in [0.5, 0.6) is 0 Å². The van der Waals surface area contributed by atoms with E-state index in [-0.39, 0.29) is 36.6 Å². The molecule has 1 amide bonds. The zero-order valence-electron chi connectivity index (χ0n) is 15.4. The summed E-state index contributed by atoms with van der Waals surface area (Å²) in [5.74, 6) is 1.69. The molecule has 0 radical (unpaired) electrons. The zero-order chi connectivity index (χ0) is 17.2. The largest absolute Gasteiger partial charge is 0.334 e. The van der Waals surface area contributed by atoms with Gasteiger partial charge in [0.05, 0.1) is 5.69 Å². The standard InChI is InChI=1S/C20H26N4O.2ClH/c21-12-15-4-3-5-17(15)20(25)22-16-9-7-14(8-10-16)18-13-24-11-2-1-6-19(24)23-18;;/h7-10,13,15,17H,1-6,11-12,21H2,(H,22,25);2*1H/t15-,17-;;/m1../s1. The first-order valence-corrected chi connectivity index (χ1v) is 9.42. The molecule has 7 heteroatoms. The first-order chi connectivity index (χ1) is 12.2. The first kappa shape index (κ1) is 21.7. The highest BCUT2D eigenvalue weighted by molar-refractivity contribution is 5.93. The van der Waals surface area contributed by atoms with Gasteiger partial charge in [-0.2, -0.15) is 0 Å². The number of aryl methyl sites for hydroxylation is 2. The Bertz CT molecular complexity index is 736. The van der Waals surface area contributed by atoms with E-state index in [0.717, 1.165) is 49.2 Å². The van der Waals surface area contributed by atoms with Crippen molar-refractivity contribution in [2.24, 2.45) is 17.6 Å². The highest BCUT2D eigenvalue weighted by atomic mass is 35.5. The van der Waals surface area contributed by atoms with Crippen molar-refractivity contribution in [1.82, 2.24) is 9.55 Å². The average molecular weight is 411 g/mol. The number of aromatic nitrogens is 2. The number of nitrogens with one attached hydrogen (secondary N) is 1. The molecule has 2 heterocycles. The summed E-state index contributed by atoms with van der Waals surface area (Å²) in [6.45, 7) is 1.67. The number of halogens is 2. The fourth-order valence-corrected chi connectivity index (χ4v) is 4.18. The monoisotopic (exact) mass is 410 g/mol. The van der Waals surface area contributed by atoms with E-state index in [1.54, 1.807) is 0 Å². The van der Waals surface area contributed by atoms with Crippen molar-refractivity contribution in [3.05, 3.63) is 36.3 Å². The van der Waals surface area contributed by atoms with Crippen molar-refractivity contribution in [3.8, 4) is 11.3 Å². The predicted octanol–water partition coefficient (Wildman–Crippen LogP) is 4.04. The third-order valence-electron chi connectivity index (χ3n) is 5.66. The molecule has 3 N–H and O–H groups in total. The Morgan fingerprint density at radius 1 is 1.15 bits per heavy atom. The van der Waals surface area contributed by atoms with Crippen molar-refractivity contribution in [3.63, 3.8) is 0 Å². The zero-order valence-corrected chi connectivity index (χ0v) is 17.0. The lowest BCUT2D eigenvalue weighted by Crippen LogP contribution is -2.29. The number of nitrogens with two attached hydrogens (primary N) is 1. The van der Waals surface area contributed by atoms with Gasteiger partial charge >= 0.3 is 0 Å². The second kappa shape index (κ2) is 9.58. The molecule has 2 aromatic rings. The molecule has 27 heavy (non-hydrogen) atoms. The molecule has 1 aliphatic carbocycles. The third kappa shape index (κ3) is 4.65. The van der Waals surface area contributed by atoms with Crippen LogP contribution >= 0.6 is 24.8 Å². The van der Waals surface area contributed by atoms with Gasteiger partial charge in [-0.3, -0.25) is 4.79 Å². The Balaban J connectivity index is 0.00000131. The van der Waals surface area contributed by atoms with Crippen molar-refractivity contribution in [1.29, 1.82) is 0 Å². The van der Waals surface area contributed by atoms with E-state index in [0.29, 0.717) is 12.5 Å². The number of carbonyl (C=O) groups excluding carboxylic acids is 1. The summed E-state index contributed by atoms with van der Waals surface area (Å²) in [5, 5.41) is 3.06. The second-order valence-corrected chi connectivity index (χ2v) is 7.29. The molecule has 1 fully saturated rings. The topological polar surface area (TPSA) is 72.9 Å². The molecule has 5 nitrogen and oxygen atoms in total. The lowest BCUT2D eigenvalue weighted by Gasteiger charge is -2.17. The number of benzene rings is 1. The fraction of sp³-hybridized carbons (Fsp3) is 0.500. The van der Waals surface area contributed by atoms with Crippen LogP contribution in [0.4, 0.5) is 5.69 Å². The number of imidazole rings is 1. The van der Waals surface area contributed by atoms with Crippen LogP contribution in [-0.2, 0) is 17.8 Å². The summed E-state index contributed by atoms with van der Waals surface area (Å²) in [4.78, 5) is 17.2. The fourth-order valence-electron chi connectivity index (χ4n) is 4.18. The average Bonchev–Trinajstić information content (AvgIpc) is 3.28. The molecule has 148 valence electrons. The second-order valence-electron chi connectivity index (χ2n) is 7.29. The van der Waals surface area contributed by atoms with Crippen LogP contribution in [0.15, 0.2) is 30.5 Å². The van der Waals surface area contributed by atoms with Crippen LogP contribution in [0, 0.1) is 11.8 Å². The molecule has 1 aliphatic heterocycles. The van der Waals surface area contributed by atoms with E-state index in [2.05, 4.69) is 16.1 Å². The summed E-state index contributed by atoms with van der Waals surface area (Å²) in [6, 6.07) is 8.02. The van der Waals surface area contributed by atoms with Gasteiger partial charge in [0, 0.05) is 36.3 Å². The van der Waals surface area contributed by atoms with E-state index in [1.807, 2.05) is 24.3 Å². The van der Waals surface area contributed by atoms with Crippen molar-refractivity contribution in [2.45, 2.75) is 45.1 Å². The van der Waals surface area contributed by atoms with Crippen LogP contribution in [0.1, 0.15) is 37.9 Å². The highest BCUT2D eigenvalue weighted by Gasteiger charge is 2.31. The maximum Gasteiger partial charge on any atom is 0.227 e. The van der Waals surface area contributed by atoms with Crippen molar-refractivity contribution >= 4 is 36.4 Å². The van der Waals surface area contributed by atoms with E-state index < -0.39 is 0 Å². The third-order valence-corrected chi connectivity index (χ3v) is 5.66. The van der Waals surface area contributed by atoms with Gasteiger partial charge in [-0.1, -0.05) is 18.6 Å². The Hall–Kier alpha value is -1.56. The molecule has 1 aromatic heterocycles. The summed E-state index contributed by atoms with van der Waals surface area (Å²) in [5.41, 5.74) is 8.76. The molecule has 1 saturated carbocycles. The normalized spacial score (nSPS) is 20.9. The predicted molar refractivity (Wildman–Crippen MR) is 114 cm³/mol. The van der Waals surface area contributed by atoms with Gasteiger partial charge in [-0.05, 0) is 50.3 Å². The van der Waals surface area contributed by atoms with Gasteiger partial charge in [0.1, 0.15) is 5.82 Å². The lowest BCUT2D eigenvalue weighted by molar-refractivity contribution is -0.120. The number of fused-ring (bicyclic) bond motifs is 1. The van der Waals surface area contributed by atoms with E-state index >= 15 is 0 Å². The van der Waals surface area contributed by atoms with Crippen LogP contribution in [0.25, 0.3) is 11.3 Å². The number of nitrogens with zero attached hydrogens (tertiary/aromatic N) is 2. The molecule has 0 spiro atoms. The minimum absolute atomic E-state index is 0. The van der Waals surface area contributed by atoms with Gasteiger partial charge in [0.15, 0.2) is 0 Å². The molecular formula is C20H28Cl2N4O. The van der Waals surface area contributed by atoms with E-state index in [9.17, 15) is 4.79 Å².